The van der Waals surface area contributed by atoms with Gasteiger partial charge in [0.2, 0.25) is 15.9 Å². The van der Waals surface area contributed by atoms with Crippen molar-refractivity contribution < 1.29 is 13.2 Å². The summed E-state index contributed by atoms with van der Waals surface area (Å²) in [4.78, 5) is 12.3. The van der Waals surface area contributed by atoms with Crippen LogP contribution < -0.4 is 11.1 Å². The number of rotatable bonds is 6. The Labute approximate surface area is 156 Å². The molecule has 1 heterocycles. The van der Waals surface area contributed by atoms with Gasteiger partial charge in [0.1, 0.15) is 0 Å². The fraction of sp³-hybridized carbons (Fsp3) is 0.588. The zero-order valence-corrected chi connectivity index (χ0v) is 16.4. The summed E-state index contributed by atoms with van der Waals surface area (Å²) in [7, 11) is -3.52. The van der Waals surface area contributed by atoms with E-state index in [1.807, 2.05) is 0 Å². The average Bonchev–Trinajstić information content (AvgIpc) is 2.59. The van der Waals surface area contributed by atoms with E-state index in [-0.39, 0.29) is 41.7 Å². The number of nitrogens with two attached hydrogens (primary N) is 1. The molecular weight excluding hydrogens is 362 g/mol. The number of sulfonamides is 1. The summed E-state index contributed by atoms with van der Waals surface area (Å²) < 4.78 is 27.3. The van der Waals surface area contributed by atoms with Crippen LogP contribution in [0.1, 0.15) is 38.7 Å². The molecule has 2 rings (SSSR count). The number of hydrogen-bond acceptors (Lipinski definition) is 4. The molecule has 1 fully saturated rings. The maximum Gasteiger partial charge on any atom is 0.243 e. The molecule has 1 saturated heterocycles. The van der Waals surface area contributed by atoms with E-state index in [1.54, 1.807) is 42.4 Å². The van der Waals surface area contributed by atoms with Crippen molar-refractivity contribution in [2.75, 3.05) is 13.1 Å². The maximum absolute atomic E-state index is 12.9. The fourth-order valence-corrected chi connectivity index (χ4v) is 4.47. The number of nitrogens with one attached hydrogen (secondary N) is 1. The molecule has 1 aliphatic heterocycles. The van der Waals surface area contributed by atoms with E-state index in [4.69, 9.17) is 5.73 Å². The third kappa shape index (κ3) is 5.41. The molecule has 142 valence electrons. The molecule has 1 aromatic carbocycles. The molecule has 0 aromatic heterocycles. The highest BCUT2D eigenvalue weighted by atomic mass is 35.5. The summed E-state index contributed by atoms with van der Waals surface area (Å²) in [5.74, 6) is -0.494. The van der Waals surface area contributed by atoms with E-state index in [0.717, 1.165) is 19.3 Å². The van der Waals surface area contributed by atoms with Gasteiger partial charge in [-0.05, 0) is 31.4 Å². The van der Waals surface area contributed by atoms with Gasteiger partial charge in [-0.3, -0.25) is 4.79 Å². The normalized spacial score (nSPS) is 18.0. The van der Waals surface area contributed by atoms with Gasteiger partial charge in [-0.25, -0.2) is 8.42 Å². The van der Waals surface area contributed by atoms with Crippen molar-refractivity contribution in [1.29, 1.82) is 0 Å². The molecule has 1 aromatic rings. The first kappa shape index (κ1) is 21.9. The zero-order valence-electron chi connectivity index (χ0n) is 14.8. The summed E-state index contributed by atoms with van der Waals surface area (Å²) in [6.07, 6.45) is 2.85. The Hall–Kier alpha value is -1.15. The van der Waals surface area contributed by atoms with E-state index < -0.39 is 10.0 Å². The van der Waals surface area contributed by atoms with E-state index in [2.05, 4.69) is 5.32 Å². The lowest BCUT2D eigenvalue weighted by atomic mass is 10.0. The minimum Gasteiger partial charge on any atom is -0.352 e. The van der Waals surface area contributed by atoms with Crippen LogP contribution >= 0.6 is 12.4 Å². The highest BCUT2D eigenvalue weighted by Gasteiger charge is 2.28. The van der Waals surface area contributed by atoms with Crippen molar-refractivity contribution in [3.05, 3.63) is 29.8 Å². The van der Waals surface area contributed by atoms with Crippen LogP contribution in [-0.2, 0) is 21.4 Å². The molecule has 25 heavy (non-hydrogen) atoms. The first-order chi connectivity index (χ1) is 11.3. The number of amides is 1. The lowest BCUT2D eigenvalue weighted by Crippen LogP contribution is -2.39. The Morgan fingerprint density at radius 1 is 1.20 bits per heavy atom. The van der Waals surface area contributed by atoms with Crippen LogP contribution in [0.25, 0.3) is 0 Å². The van der Waals surface area contributed by atoms with Crippen molar-refractivity contribution in [3.63, 3.8) is 0 Å². The molecule has 0 aliphatic carbocycles. The molecular formula is C17H28ClN3O3S. The lowest BCUT2D eigenvalue weighted by Gasteiger charge is -2.27. The predicted molar refractivity (Wildman–Crippen MR) is 101 cm³/mol. The quantitative estimate of drug-likeness (QED) is 0.776. The molecule has 8 heteroatoms. The van der Waals surface area contributed by atoms with Crippen molar-refractivity contribution >= 4 is 28.3 Å². The smallest absolute Gasteiger partial charge is 0.243 e. The number of carbonyl (C=O) groups is 1. The van der Waals surface area contributed by atoms with Gasteiger partial charge in [0, 0.05) is 31.6 Å². The first-order valence-electron chi connectivity index (χ1n) is 8.45. The van der Waals surface area contributed by atoms with Crippen LogP contribution in [0, 0.1) is 5.92 Å². The average molecular weight is 390 g/mol. The standard InChI is InChI=1S/C17H27N3O3S.ClH/c1-13(14(2)18)17(21)19-12-15-8-4-5-9-16(15)24(22,23)20-10-6-3-7-11-20;/h4-5,8-9,13-14H,3,6-7,10-12,18H2,1-2H3,(H,19,21);1H. The van der Waals surface area contributed by atoms with Gasteiger partial charge >= 0.3 is 0 Å². The number of carbonyl (C=O) groups excluding carboxylic acids is 1. The minimum atomic E-state index is -3.52. The SMILES string of the molecule is CC(N)C(C)C(=O)NCc1ccccc1S(=O)(=O)N1CCCCC1.Cl. The Kier molecular flexibility index (Phi) is 8.34. The van der Waals surface area contributed by atoms with E-state index in [0.29, 0.717) is 18.7 Å². The van der Waals surface area contributed by atoms with Crippen molar-refractivity contribution in [3.8, 4) is 0 Å². The predicted octanol–water partition coefficient (Wildman–Crippen LogP) is 1.88. The second kappa shape index (κ2) is 9.52. The van der Waals surface area contributed by atoms with Crippen LogP contribution in [0.5, 0.6) is 0 Å². The molecule has 0 spiro atoms. The molecule has 0 bridgehead atoms. The Morgan fingerprint density at radius 3 is 2.40 bits per heavy atom. The van der Waals surface area contributed by atoms with Crippen LogP contribution in [-0.4, -0.2) is 37.8 Å². The van der Waals surface area contributed by atoms with E-state index >= 15 is 0 Å². The zero-order chi connectivity index (χ0) is 17.7. The van der Waals surface area contributed by atoms with Gasteiger partial charge in [0.25, 0.3) is 0 Å². The molecule has 1 aliphatic rings. The number of nitrogens with zero attached hydrogens (tertiary/aromatic N) is 1. The van der Waals surface area contributed by atoms with Gasteiger partial charge in [-0.15, -0.1) is 12.4 Å². The number of halogens is 1. The van der Waals surface area contributed by atoms with Crippen LogP contribution in [0.2, 0.25) is 0 Å². The van der Waals surface area contributed by atoms with Gasteiger partial charge in [-0.1, -0.05) is 31.5 Å². The summed E-state index contributed by atoms with van der Waals surface area (Å²) in [6, 6.07) is 6.60. The molecule has 6 nitrogen and oxygen atoms in total. The molecule has 2 unspecified atom stereocenters. The van der Waals surface area contributed by atoms with Gasteiger partial charge < -0.3 is 11.1 Å². The highest BCUT2D eigenvalue weighted by molar-refractivity contribution is 7.89. The van der Waals surface area contributed by atoms with Gasteiger partial charge in [0.15, 0.2) is 0 Å². The van der Waals surface area contributed by atoms with E-state index in [9.17, 15) is 13.2 Å². The van der Waals surface area contributed by atoms with E-state index in [1.165, 1.54) is 0 Å². The topological polar surface area (TPSA) is 92.5 Å². The summed E-state index contributed by atoms with van der Waals surface area (Å²) in [5.41, 5.74) is 6.34. The molecule has 2 atom stereocenters. The third-order valence-electron chi connectivity index (χ3n) is 4.56. The van der Waals surface area contributed by atoms with Crippen LogP contribution in [0.15, 0.2) is 29.2 Å². The third-order valence-corrected chi connectivity index (χ3v) is 6.56. The highest BCUT2D eigenvalue weighted by Crippen LogP contribution is 2.23. The Morgan fingerprint density at radius 2 is 1.80 bits per heavy atom. The second-order valence-electron chi connectivity index (χ2n) is 6.44. The monoisotopic (exact) mass is 389 g/mol. The summed E-state index contributed by atoms with van der Waals surface area (Å²) in [6.45, 7) is 4.84. The van der Waals surface area contributed by atoms with Crippen LogP contribution in [0.4, 0.5) is 0 Å². The Bertz CT molecular complexity index is 673. The number of benzene rings is 1. The Balaban J connectivity index is 0.00000312. The maximum atomic E-state index is 12.9. The van der Waals surface area contributed by atoms with Crippen LogP contribution in [0.3, 0.4) is 0 Å². The molecule has 0 radical (unpaired) electrons. The largest absolute Gasteiger partial charge is 0.352 e. The van der Waals surface area contributed by atoms with Crippen molar-refractivity contribution in [2.24, 2.45) is 11.7 Å². The minimum absolute atomic E-state index is 0. The molecule has 0 saturated carbocycles. The number of hydrogen-bond donors (Lipinski definition) is 2. The fourth-order valence-electron chi connectivity index (χ4n) is 2.73. The summed E-state index contributed by atoms with van der Waals surface area (Å²) >= 11 is 0. The summed E-state index contributed by atoms with van der Waals surface area (Å²) in [5, 5.41) is 2.79. The molecule has 1 amide bonds. The van der Waals surface area contributed by atoms with Crippen molar-refractivity contribution in [1.82, 2.24) is 9.62 Å². The number of piperidine rings is 1. The first-order valence-corrected chi connectivity index (χ1v) is 9.89. The molecule has 3 N–H and O–H groups in total. The lowest BCUT2D eigenvalue weighted by molar-refractivity contribution is -0.125. The van der Waals surface area contributed by atoms with Crippen molar-refractivity contribution in [2.45, 2.75) is 50.6 Å². The van der Waals surface area contributed by atoms with Gasteiger partial charge in [0.05, 0.1) is 4.90 Å². The second-order valence-corrected chi connectivity index (χ2v) is 8.34. The van der Waals surface area contributed by atoms with Gasteiger partial charge in [-0.2, -0.15) is 4.31 Å².